The summed E-state index contributed by atoms with van der Waals surface area (Å²) in [6.45, 7) is 5.87. The Morgan fingerprint density at radius 2 is 2.04 bits per heavy atom. The number of amides is 1. The van der Waals surface area contributed by atoms with Crippen molar-refractivity contribution in [3.8, 4) is 0 Å². The average Bonchev–Trinajstić information content (AvgIpc) is 3.01. The van der Waals surface area contributed by atoms with Crippen molar-refractivity contribution < 1.29 is 9.21 Å². The molecule has 3 rings (SSSR count). The first-order valence-electron chi connectivity index (χ1n) is 8.18. The van der Waals surface area contributed by atoms with E-state index in [-0.39, 0.29) is 17.6 Å². The van der Waals surface area contributed by atoms with Crippen LogP contribution >= 0.6 is 0 Å². The summed E-state index contributed by atoms with van der Waals surface area (Å²) < 4.78 is 5.23. The molecule has 0 saturated carbocycles. The molecule has 1 aromatic carbocycles. The van der Waals surface area contributed by atoms with Crippen LogP contribution < -0.4 is 10.9 Å². The van der Waals surface area contributed by atoms with Gasteiger partial charge in [-0.3, -0.25) is 9.69 Å². The predicted molar refractivity (Wildman–Crippen MR) is 90.7 cm³/mol. The lowest BCUT2D eigenvalue weighted by atomic mass is 10.1. The lowest BCUT2D eigenvalue weighted by molar-refractivity contribution is -0.121. The van der Waals surface area contributed by atoms with E-state index < -0.39 is 0 Å². The lowest BCUT2D eigenvalue weighted by Gasteiger charge is -2.25. The summed E-state index contributed by atoms with van der Waals surface area (Å²) in [4.78, 5) is 26.3. The molecule has 1 saturated heterocycles. The maximum atomic E-state index is 12.6. The molecule has 0 aliphatic carbocycles. The first-order valence-corrected chi connectivity index (χ1v) is 8.18. The molecule has 1 fully saturated rings. The SMILES string of the molecule is CCC(C(=O)Nc1ccc2c(C)cc(=O)oc2c1)N1CCCC1. The van der Waals surface area contributed by atoms with Gasteiger partial charge in [-0.2, -0.15) is 0 Å². The summed E-state index contributed by atoms with van der Waals surface area (Å²) in [5, 5.41) is 3.84. The average molecular weight is 314 g/mol. The number of carbonyl (C=O) groups excluding carboxylic acids is 1. The second-order valence-corrected chi connectivity index (χ2v) is 6.12. The van der Waals surface area contributed by atoms with E-state index in [0.29, 0.717) is 11.3 Å². The standard InChI is InChI=1S/C18H22N2O3/c1-3-15(20-8-4-5-9-20)18(22)19-13-6-7-14-12(2)10-17(21)23-16(14)11-13/h6-7,10-11,15H,3-5,8-9H2,1-2H3,(H,19,22). The van der Waals surface area contributed by atoms with Gasteiger partial charge in [-0.1, -0.05) is 6.92 Å². The molecule has 1 N–H and O–H groups in total. The zero-order valence-electron chi connectivity index (χ0n) is 13.6. The highest BCUT2D eigenvalue weighted by atomic mass is 16.4. The van der Waals surface area contributed by atoms with E-state index in [0.717, 1.165) is 43.3 Å². The number of nitrogens with one attached hydrogen (secondary N) is 1. The number of aryl methyl sites for hydroxylation is 1. The number of benzene rings is 1. The van der Waals surface area contributed by atoms with E-state index in [9.17, 15) is 9.59 Å². The Kier molecular flexibility index (Phi) is 4.48. The maximum Gasteiger partial charge on any atom is 0.336 e. The van der Waals surface area contributed by atoms with Crippen molar-refractivity contribution in [3.63, 3.8) is 0 Å². The predicted octanol–water partition coefficient (Wildman–Crippen LogP) is 2.91. The van der Waals surface area contributed by atoms with Gasteiger partial charge in [0.1, 0.15) is 5.58 Å². The largest absolute Gasteiger partial charge is 0.423 e. The molecule has 1 aliphatic heterocycles. The number of anilines is 1. The van der Waals surface area contributed by atoms with Crippen LogP contribution in [0.3, 0.4) is 0 Å². The van der Waals surface area contributed by atoms with Crippen molar-refractivity contribution in [2.75, 3.05) is 18.4 Å². The molecule has 1 unspecified atom stereocenters. The van der Waals surface area contributed by atoms with Crippen LogP contribution in [-0.2, 0) is 4.79 Å². The molecule has 23 heavy (non-hydrogen) atoms. The molecule has 5 heteroatoms. The summed E-state index contributed by atoms with van der Waals surface area (Å²) in [6, 6.07) is 6.82. The Labute approximate surface area is 135 Å². The van der Waals surface area contributed by atoms with Crippen LogP contribution in [-0.4, -0.2) is 29.9 Å². The van der Waals surface area contributed by atoms with E-state index >= 15 is 0 Å². The third kappa shape index (κ3) is 3.29. The number of nitrogens with zero attached hydrogens (tertiary/aromatic N) is 1. The highest BCUT2D eigenvalue weighted by molar-refractivity contribution is 5.96. The fourth-order valence-electron chi connectivity index (χ4n) is 3.29. The van der Waals surface area contributed by atoms with E-state index in [1.165, 1.54) is 6.07 Å². The smallest absolute Gasteiger partial charge is 0.336 e. The third-order valence-corrected chi connectivity index (χ3v) is 4.49. The lowest BCUT2D eigenvalue weighted by Crippen LogP contribution is -2.42. The summed E-state index contributed by atoms with van der Waals surface area (Å²) in [6.07, 6.45) is 3.10. The second-order valence-electron chi connectivity index (χ2n) is 6.12. The van der Waals surface area contributed by atoms with Gasteiger partial charge in [-0.05, 0) is 57.0 Å². The van der Waals surface area contributed by atoms with E-state index in [1.807, 2.05) is 26.0 Å². The molecule has 2 heterocycles. The number of carbonyl (C=O) groups is 1. The summed E-state index contributed by atoms with van der Waals surface area (Å²) >= 11 is 0. The van der Waals surface area contributed by atoms with E-state index in [2.05, 4.69) is 10.2 Å². The summed E-state index contributed by atoms with van der Waals surface area (Å²) in [7, 11) is 0. The van der Waals surface area contributed by atoms with Crippen molar-refractivity contribution in [3.05, 3.63) is 40.2 Å². The van der Waals surface area contributed by atoms with Crippen LogP contribution in [0.1, 0.15) is 31.7 Å². The summed E-state index contributed by atoms with van der Waals surface area (Å²) in [5.41, 5.74) is 1.66. The Morgan fingerprint density at radius 1 is 1.30 bits per heavy atom. The number of likely N-dealkylation sites (tertiary alicyclic amines) is 1. The number of hydrogen-bond acceptors (Lipinski definition) is 4. The van der Waals surface area contributed by atoms with E-state index in [4.69, 9.17) is 4.42 Å². The Hall–Kier alpha value is -2.14. The van der Waals surface area contributed by atoms with Gasteiger partial charge in [0.15, 0.2) is 0 Å². The fourth-order valence-corrected chi connectivity index (χ4v) is 3.29. The third-order valence-electron chi connectivity index (χ3n) is 4.49. The molecule has 1 amide bonds. The molecule has 1 aliphatic rings. The topological polar surface area (TPSA) is 62.6 Å². The first kappa shape index (κ1) is 15.7. The quantitative estimate of drug-likeness (QED) is 0.881. The molecule has 1 atom stereocenters. The number of hydrogen-bond donors (Lipinski definition) is 1. The van der Waals surface area contributed by atoms with Crippen LogP contribution in [0.2, 0.25) is 0 Å². The molecule has 2 aromatic rings. The molecular formula is C18H22N2O3. The number of fused-ring (bicyclic) bond motifs is 1. The Morgan fingerprint density at radius 3 is 2.74 bits per heavy atom. The molecule has 1 aromatic heterocycles. The van der Waals surface area contributed by atoms with Gasteiger partial charge >= 0.3 is 5.63 Å². The fraction of sp³-hybridized carbons (Fsp3) is 0.444. The van der Waals surface area contributed by atoms with Crippen LogP contribution in [0.25, 0.3) is 11.0 Å². The van der Waals surface area contributed by atoms with Crippen molar-refractivity contribution in [1.29, 1.82) is 0 Å². The minimum atomic E-state index is -0.373. The van der Waals surface area contributed by atoms with Crippen molar-refractivity contribution >= 4 is 22.6 Å². The Bertz CT molecular complexity index is 775. The van der Waals surface area contributed by atoms with Crippen molar-refractivity contribution in [1.82, 2.24) is 4.90 Å². The normalized spacial score (nSPS) is 16.6. The van der Waals surface area contributed by atoms with Crippen LogP contribution in [0.5, 0.6) is 0 Å². The molecule has 0 spiro atoms. The van der Waals surface area contributed by atoms with Gasteiger partial charge in [0, 0.05) is 23.2 Å². The molecule has 122 valence electrons. The van der Waals surface area contributed by atoms with Crippen LogP contribution in [0, 0.1) is 6.92 Å². The maximum absolute atomic E-state index is 12.6. The Balaban J connectivity index is 1.82. The van der Waals surface area contributed by atoms with Crippen LogP contribution in [0.4, 0.5) is 5.69 Å². The van der Waals surface area contributed by atoms with Gasteiger partial charge in [-0.25, -0.2) is 4.79 Å². The monoisotopic (exact) mass is 314 g/mol. The van der Waals surface area contributed by atoms with Crippen LogP contribution in [0.15, 0.2) is 33.5 Å². The minimum absolute atomic E-state index is 0.00347. The molecule has 0 radical (unpaired) electrons. The molecule has 5 nitrogen and oxygen atoms in total. The van der Waals surface area contributed by atoms with E-state index in [1.54, 1.807) is 6.07 Å². The summed E-state index contributed by atoms with van der Waals surface area (Å²) in [5.74, 6) is 0.00347. The zero-order valence-corrected chi connectivity index (χ0v) is 13.6. The van der Waals surface area contributed by atoms with Gasteiger partial charge < -0.3 is 9.73 Å². The first-order chi connectivity index (χ1) is 11.1. The van der Waals surface area contributed by atoms with Gasteiger partial charge in [0.05, 0.1) is 6.04 Å². The van der Waals surface area contributed by atoms with Gasteiger partial charge in [0.2, 0.25) is 5.91 Å². The van der Waals surface area contributed by atoms with Gasteiger partial charge in [0.25, 0.3) is 0 Å². The van der Waals surface area contributed by atoms with Gasteiger partial charge in [-0.15, -0.1) is 0 Å². The second kappa shape index (κ2) is 6.54. The van der Waals surface area contributed by atoms with Crippen molar-refractivity contribution in [2.45, 2.75) is 39.2 Å². The molecule has 0 bridgehead atoms. The molecular weight excluding hydrogens is 292 g/mol. The van der Waals surface area contributed by atoms with Crippen molar-refractivity contribution in [2.24, 2.45) is 0 Å². The highest BCUT2D eigenvalue weighted by Crippen LogP contribution is 2.22. The number of rotatable bonds is 4. The highest BCUT2D eigenvalue weighted by Gasteiger charge is 2.26. The zero-order chi connectivity index (χ0) is 16.4. The minimum Gasteiger partial charge on any atom is -0.423 e.